The van der Waals surface area contributed by atoms with E-state index in [4.69, 9.17) is 4.74 Å². The number of nitrogens with zero attached hydrogens (tertiary/aromatic N) is 1. The Morgan fingerprint density at radius 1 is 1.28 bits per heavy atom. The molecule has 1 aromatic heterocycles. The highest BCUT2D eigenvalue weighted by Crippen LogP contribution is 2.37. The lowest BCUT2D eigenvalue weighted by Gasteiger charge is -2.27. The van der Waals surface area contributed by atoms with Gasteiger partial charge < -0.3 is 15.0 Å². The van der Waals surface area contributed by atoms with Crippen LogP contribution in [0.3, 0.4) is 0 Å². The minimum Gasteiger partial charge on any atom is -0.497 e. The van der Waals surface area contributed by atoms with Gasteiger partial charge in [-0.3, -0.25) is 10.1 Å². The largest absolute Gasteiger partial charge is 0.497 e. The lowest BCUT2D eigenvalue weighted by molar-refractivity contribution is -0.426. The minimum absolute atomic E-state index is 0.234. The fourth-order valence-corrected chi connectivity index (χ4v) is 4.60. The monoisotopic (exact) mass is 395 g/mol. The average molecular weight is 396 g/mol. The van der Waals surface area contributed by atoms with Crippen molar-refractivity contribution in [3.63, 3.8) is 0 Å². The third-order valence-electron chi connectivity index (χ3n) is 6.22. The van der Waals surface area contributed by atoms with Crippen LogP contribution in [0.5, 0.6) is 5.75 Å². The number of allylic oxidation sites excluding steroid dienone is 1. The van der Waals surface area contributed by atoms with Gasteiger partial charge in [0.2, 0.25) is 5.70 Å². The van der Waals surface area contributed by atoms with Crippen molar-refractivity contribution < 1.29 is 9.66 Å². The smallest absolute Gasteiger partial charge is 0.247 e. The van der Waals surface area contributed by atoms with Crippen LogP contribution in [0.25, 0.3) is 6.08 Å². The molecule has 2 unspecified atom stereocenters. The maximum absolute atomic E-state index is 11.2. The second kappa shape index (κ2) is 8.41. The number of rotatable bonds is 7. The molecule has 1 aromatic carbocycles. The molecule has 2 aromatic rings. The molecule has 0 fully saturated rings. The van der Waals surface area contributed by atoms with Crippen LogP contribution in [0.15, 0.2) is 30.0 Å². The molecule has 0 aliphatic heterocycles. The van der Waals surface area contributed by atoms with Gasteiger partial charge in [-0.05, 0) is 68.7 Å². The Morgan fingerprint density at radius 3 is 2.79 bits per heavy atom. The zero-order valence-corrected chi connectivity index (χ0v) is 17.2. The van der Waals surface area contributed by atoms with E-state index in [2.05, 4.69) is 29.4 Å². The molecule has 0 radical (unpaired) electrons. The first-order valence-corrected chi connectivity index (χ1v) is 10.5. The predicted octanol–water partition coefficient (Wildman–Crippen LogP) is 4.58. The molecule has 4 rings (SSSR count). The van der Waals surface area contributed by atoms with Crippen LogP contribution in [0.1, 0.15) is 66.7 Å². The Hall–Kier alpha value is -2.60. The van der Waals surface area contributed by atoms with E-state index in [1.165, 1.54) is 22.5 Å². The second-order valence-corrected chi connectivity index (χ2v) is 8.20. The van der Waals surface area contributed by atoms with E-state index in [9.17, 15) is 10.1 Å². The number of nitrogens with one attached hydrogen (secondary N) is 2. The summed E-state index contributed by atoms with van der Waals surface area (Å²) in [6, 6.07) is 8.96. The molecular formula is C23H29N3O3. The van der Waals surface area contributed by atoms with Gasteiger partial charge in [-0.2, -0.15) is 0 Å². The molecule has 0 amide bonds. The summed E-state index contributed by atoms with van der Waals surface area (Å²) in [4.78, 5) is 14.6. The lowest BCUT2D eigenvalue weighted by atomic mass is 9.88. The molecule has 2 atom stereocenters. The Morgan fingerprint density at radius 2 is 2.07 bits per heavy atom. The number of aromatic amines is 1. The van der Waals surface area contributed by atoms with E-state index in [1.54, 1.807) is 13.2 Å². The topological polar surface area (TPSA) is 80.2 Å². The van der Waals surface area contributed by atoms with Crippen molar-refractivity contribution in [1.29, 1.82) is 0 Å². The first-order valence-electron chi connectivity index (χ1n) is 10.5. The first-order chi connectivity index (χ1) is 14.0. The molecule has 6 heteroatoms. The SMILES string of the molecule is COc1ccc(CCC(C)NC2CCCc3c2[nH]c2c3C=C([N+](=O)[O-])CC2)cc1. The molecule has 0 bridgehead atoms. The van der Waals surface area contributed by atoms with Crippen molar-refractivity contribution in [3.8, 4) is 5.75 Å². The summed E-state index contributed by atoms with van der Waals surface area (Å²) in [5.74, 6) is 0.889. The van der Waals surface area contributed by atoms with E-state index in [0.29, 0.717) is 24.2 Å². The number of fused-ring (bicyclic) bond motifs is 3. The van der Waals surface area contributed by atoms with Crippen molar-refractivity contribution in [3.05, 3.63) is 68.2 Å². The number of methoxy groups -OCH3 is 1. The van der Waals surface area contributed by atoms with Gasteiger partial charge in [-0.25, -0.2) is 0 Å². The van der Waals surface area contributed by atoms with Crippen LogP contribution < -0.4 is 10.1 Å². The molecule has 6 nitrogen and oxygen atoms in total. The molecule has 2 N–H and O–H groups in total. The maximum Gasteiger partial charge on any atom is 0.247 e. The number of hydrogen-bond acceptors (Lipinski definition) is 4. The van der Waals surface area contributed by atoms with Crippen molar-refractivity contribution in [1.82, 2.24) is 10.3 Å². The molecule has 2 aliphatic rings. The number of benzene rings is 1. The summed E-state index contributed by atoms with van der Waals surface area (Å²) >= 11 is 0. The fraction of sp³-hybridized carbons (Fsp3) is 0.478. The van der Waals surface area contributed by atoms with E-state index >= 15 is 0 Å². The van der Waals surface area contributed by atoms with Crippen molar-refractivity contribution in [2.24, 2.45) is 0 Å². The predicted molar refractivity (Wildman–Crippen MR) is 114 cm³/mol. The third kappa shape index (κ3) is 4.22. The van der Waals surface area contributed by atoms with Gasteiger partial charge in [-0.1, -0.05) is 12.1 Å². The molecule has 0 saturated carbocycles. The van der Waals surface area contributed by atoms with Gasteiger partial charge in [0, 0.05) is 41.5 Å². The quantitative estimate of drug-likeness (QED) is 0.531. The highest BCUT2D eigenvalue weighted by molar-refractivity contribution is 5.63. The van der Waals surface area contributed by atoms with Crippen LogP contribution in [0.2, 0.25) is 0 Å². The van der Waals surface area contributed by atoms with Gasteiger partial charge in [0.05, 0.1) is 12.0 Å². The highest BCUT2D eigenvalue weighted by Gasteiger charge is 2.30. The Labute approximate surface area is 171 Å². The third-order valence-corrected chi connectivity index (χ3v) is 6.22. The zero-order chi connectivity index (χ0) is 20.4. The summed E-state index contributed by atoms with van der Waals surface area (Å²) in [7, 11) is 1.69. The second-order valence-electron chi connectivity index (χ2n) is 8.20. The van der Waals surface area contributed by atoms with Crippen molar-refractivity contribution >= 4 is 6.08 Å². The molecule has 29 heavy (non-hydrogen) atoms. The van der Waals surface area contributed by atoms with Crippen LogP contribution >= 0.6 is 0 Å². The fourth-order valence-electron chi connectivity index (χ4n) is 4.60. The Balaban J connectivity index is 1.42. The van der Waals surface area contributed by atoms with Crippen molar-refractivity contribution in [2.75, 3.05) is 7.11 Å². The van der Waals surface area contributed by atoms with Gasteiger partial charge >= 0.3 is 0 Å². The summed E-state index contributed by atoms with van der Waals surface area (Å²) < 4.78 is 5.23. The molecule has 0 saturated heterocycles. The number of H-pyrrole nitrogens is 1. The van der Waals surface area contributed by atoms with Crippen LogP contribution in [0, 0.1) is 10.1 Å². The summed E-state index contributed by atoms with van der Waals surface area (Å²) in [5.41, 5.74) is 6.43. The summed E-state index contributed by atoms with van der Waals surface area (Å²) in [6.07, 6.45) is 8.33. The number of hydrogen-bond donors (Lipinski definition) is 2. The van der Waals surface area contributed by atoms with Crippen LogP contribution in [0.4, 0.5) is 0 Å². The van der Waals surface area contributed by atoms with Gasteiger partial charge in [0.25, 0.3) is 0 Å². The van der Waals surface area contributed by atoms with Gasteiger partial charge in [-0.15, -0.1) is 0 Å². The summed E-state index contributed by atoms with van der Waals surface area (Å²) in [6.45, 7) is 2.24. The van der Waals surface area contributed by atoms with Crippen molar-refractivity contribution in [2.45, 2.75) is 64.0 Å². The molecule has 0 spiro atoms. The number of aromatic nitrogens is 1. The van der Waals surface area contributed by atoms with Gasteiger partial charge in [0.15, 0.2) is 0 Å². The van der Waals surface area contributed by atoms with Crippen LogP contribution in [-0.2, 0) is 19.3 Å². The molecular weight excluding hydrogens is 366 g/mol. The minimum atomic E-state index is -0.234. The van der Waals surface area contributed by atoms with E-state index < -0.39 is 0 Å². The standard InChI is InChI=1S/C23H29N3O3/c1-15(6-7-16-8-11-18(29-2)12-9-16)24-22-5-3-4-19-20-14-17(26(27)28)10-13-21(20)25-23(19)22/h8-9,11-12,14-15,22,24-25H,3-7,10,13H2,1-2H3. The Kier molecular flexibility index (Phi) is 5.72. The van der Waals surface area contributed by atoms with Gasteiger partial charge in [0.1, 0.15) is 5.75 Å². The van der Waals surface area contributed by atoms with E-state index in [0.717, 1.165) is 49.8 Å². The first kappa shape index (κ1) is 19.7. The maximum atomic E-state index is 11.2. The average Bonchev–Trinajstić information content (AvgIpc) is 3.11. The lowest BCUT2D eigenvalue weighted by Crippen LogP contribution is -2.33. The zero-order valence-electron chi connectivity index (χ0n) is 17.2. The van der Waals surface area contributed by atoms with E-state index in [-0.39, 0.29) is 4.92 Å². The number of ether oxygens (including phenoxy) is 1. The highest BCUT2D eigenvalue weighted by atomic mass is 16.6. The molecule has 154 valence electrons. The summed E-state index contributed by atoms with van der Waals surface area (Å²) in [5, 5.41) is 15.0. The number of nitro groups is 1. The van der Waals surface area contributed by atoms with E-state index in [1.807, 2.05) is 12.1 Å². The molecule has 2 aliphatic carbocycles. The number of aryl methyl sites for hydroxylation is 2. The normalized spacial score (nSPS) is 19.1. The van der Waals surface area contributed by atoms with Crippen LogP contribution in [-0.4, -0.2) is 23.1 Å². The Bertz CT molecular complexity index is 914. The molecule has 1 heterocycles.